The normalized spacial score (nSPS) is 14.1. The van der Waals surface area contributed by atoms with Crippen LogP contribution in [0.25, 0.3) is 0 Å². The second-order valence-corrected chi connectivity index (χ2v) is 10.6. The van der Waals surface area contributed by atoms with E-state index in [1.807, 2.05) is 47.6 Å². The fourth-order valence-electron chi connectivity index (χ4n) is 1.93. The molecule has 0 aliphatic carbocycles. The molecule has 2 atom stereocenters. The van der Waals surface area contributed by atoms with Crippen molar-refractivity contribution in [2.24, 2.45) is 0 Å². The second kappa shape index (κ2) is 23.3. The van der Waals surface area contributed by atoms with Crippen molar-refractivity contribution in [2.45, 2.75) is 126 Å². The van der Waals surface area contributed by atoms with Crippen molar-refractivity contribution in [1.29, 1.82) is 0 Å². The van der Waals surface area contributed by atoms with Crippen LogP contribution in [0, 0.1) is 35.6 Å². The summed E-state index contributed by atoms with van der Waals surface area (Å²) in [5, 5.41) is 40.4. The number of carbonyl (C=O) groups excluding carboxylic acids is 1. The maximum Gasteiger partial charge on any atom is 0.236 e. The summed E-state index contributed by atoms with van der Waals surface area (Å²) in [6.45, 7) is 26.0. The molecule has 0 amide bonds. The van der Waals surface area contributed by atoms with Gasteiger partial charge in [-0.1, -0.05) is 17.2 Å². The van der Waals surface area contributed by atoms with E-state index < -0.39 is 17.0 Å². The minimum atomic E-state index is -0.594. The minimum absolute atomic E-state index is 0.00806. The van der Waals surface area contributed by atoms with Crippen LogP contribution in [0.15, 0.2) is 36.1 Å². The van der Waals surface area contributed by atoms with Gasteiger partial charge in [0.1, 0.15) is 5.78 Å². The second-order valence-electron chi connectivity index (χ2n) is 10.6. The molecule has 0 aromatic carbocycles. The Morgan fingerprint density at radius 1 is 1.00 bits per heavy atom. The zero-order chi connectivity index (χ0) is 32.8. The van der Waals surface area contributed by atoms with Gasteiger partial charge in [-0.05, 0) is 61.5 Å². The van der Waals surface area contributed by atoms with Crippen LogP contribution in [0.4, 0.5) is 0 Å². The molecule has 13 heteroatoms. The van der Waals surface area contributed by atoms with Crippen molar-refractivity contribution in [2.75, 3.05) is 0 Å². The fraction of sp³-hybridized carbons (Fsp3) is 0.704. The van der Waals surface area contributed by atoms with Crippen LogP contribution in [-0.4, -0.2) is 48.9 Å². The number of Topliss-reactive ketones (excluding diaryl/α,β-unsaturated/α-hetero) is 1. The van der Waals surface area contributed by atoms with Crippen molar-refractivity contribution in [1.82, 2.24) is 0 Å². The highest BCUT2D eigenvalue weighted by molar-refractivity contribution is 5.77. The van der Waals surface area contributed by atoms with Crippen LogP contribution in [0.3, 0.4) is 0 Å². The molecular weight excluding hydrogens is 524 g/mol. The number of nitrogens with zero attached hydrogens (tertiary/aromatic N) is 4. The third-order valence-electron chi connectivity index (χ3n) is 4.54. The predicted molar refractivity (Wildman–Crippen MR) is 158 cm³/mol. The van der Waals surface area contributed by atoms with Gasteiger partial charge in [0, 0.05) is 68.1 Å². The first kappa shape index (κ1) is 43.4. The zero-order valence-corrected chi connectivity index (χ0v) is 26.1. The summed E-state index contributed by atoms with van der Waals surface area (Å²) in [5.74, 6) is 0.00806. The van der Waals surface area contributed by atoms with E-state index in [1.165, 1.54) is 26.3 Å². The number of rotatable bonds is 8. The van der Waals surface area contributed by atoms with Crippen LogP contribution in [-0.2, 0) is 9.63 Å². The number of allylic oxidation sites excluding steroid dienone is 3. The van der Waals surface area contributed by atoms with Gasteiger partial charge in [0.05, 0.1) is 10.5 Å². The molecule has 2 unspecified atom stereocenters. The predicted octanol–water partition coefficient (Wildman–Crippen LogP) is 6.87. The number of nitro groups is 3. The van der Waals surface area contributed by atoms with Crippen LogP contribution < -0.4 is 0 Å². The van der Waals surface area contributed by atoms with Crippen LogP contribution in [0.2, 0.25) is 0 Å². The molecule has 0 spiro atoms. The molecule has 0 N–H and O–H groups in total. The highest BCUT2D eigenvalue weighted by Gasteiger charge is 2.26. The van der Waals surface area contributed by atoms with Crippen molar-refractivity contribution in [3.63, 3.8) is 0 Å². The largest absolute Gasteiger partial charge is 0.397 e. The first-order chi connectivity index (χ1) is 18.0. The van der Waals surface area contributed by atoms with Gasteiger partial charge in [-0.3, -0.25) is 35.6 Å². The summed E-state index contributed by atoms with van der Waals surface area (Å²) < 4.78 is 0. The number of hydrogen-bond donors (Lipinski definition) is 0. The van der Waals surface area contributed by atoms with E-state index in [4.69, 9.17) is 4.84 Å². The Bertz CT molecular complexity index is 890. The fourth-order valence-corrected chi connectivity index (χ4v) is 1.93. The Labute approximate surface area is 238 Å². The van der Waals surface area contributed by atoms with Crippen molar-refractivity contribution in [3.05, 3.63) is 71.6 Å². The highest BCUT2D eigenvalue weighted by atomic mass is 16.9. The van der Waals surface area contributed by atoms with Gasteiger partial charge in [-0.25, -0.2) is 0 Å². The molecule has 1 heterocycles. The van der Waals surface area contributed by atoms with Gasteiger partial charge in [0.2, 0.25) is 23.5 Å². The van der Waals surface area contributed by atoms with Crippen LogP contribution >= 0.6 is 0 Å². The third kappa shape index (κ3) is 34.4. The monoisotopic (exact) mass is 574 g/mol. The SMILES string of the molecule is C=C(C)C.C=C(C)[N+](=O)[O-].CC(=O)CCC(C)[N+](=O)[O-].CC(C)=CCC(C)[N+](=O)[O-].CC1=[N+]([O-])OC(C)(C)CC1. The Morgan fingerprint density at radius 2 is 1.40 bits per heavy atom. The molecule has 1 aliphatic heterocycles. The molecule has 0 aromatic heterocycles. The Morgan fingerprint density at radius 3 is 1.65 bits per heavy atom. The van der Waals surface area contributed by atoms with Gasteiger partial charge in [-0.2, -0.15) is 0 Å². The third-order valence-corrected chi connectivity index (χ3v) is 4.54. The van der Waals surface area contributed by atoms with Crippen molar-refractivity contribution >= 4 is 11.5 Å². The lowest BCUT2D eigenvalue weighted by Gasteiger charge is -2.30. The smallest absolute Gasteiger partial charge is 0.236 e. The van der Waals surface area contributed by atoms with Crippen LogP contribution in [0.5, 0.6) is 0 Å². The van der Waals surface area contributed by atoms with Gasteiger partial charge in [-0.15, -0.1) is 6.58 Å². The number of hydrogen-bond acceptors (Lipinski definition) is 9. The lowest BCUT2D eigenvalue weighted by atomic mass is 10.0. The molecule has 0 fully saturated rings. The van der Waals surface area contributed by atoms with E-state index in [0.717, 1.165) is 24.1 Å². The molecule has 0 radical (unpaired) electrons. The first-order valence-electron chi connectivity index (χ1n) is 12.8. The van der Waals surface area contributed by atoms with E-state index in [0.29, 0.717) is 24.2 Å². The molecule has 0 saturated heterocycles. The standard InChI is InChI=1S/2C7H13NO2.C6H11NO3.C4H8.C3H5NO2/c1-6-4-5-7(2,3)10-8(6)9;1-6(2)4-5-7(3)8(9)10;1-5(7(9)10)3-4-6(2)8;1-4(2)3;1-3(2)4(5)6/h4-5H2,1-3H3;4,7H,5H2,1-3H3;5H,3-4H2,1-2H3;1H2,2-3H3;1H2,2H3. The average Bonchev–Trinajstić information content (AvgIpc) is 2.78. The molecule has 0 aromatic rings. The molecule has 0 saturated carbocycles. The van der Waals surface area contributed by atoms with E-state index in [-0.39, 0.29) is 26.9 Å². The Kier molecular flexibility index (Phi) is 25.3. The van der Waals surface area contributed by atoms with Gasteiger partial charge < -0.3 is 9.63 Å². The molecule has 232 valence electrons. The van der Waals surface area contributed by atoms with E-state index in [2.05, 4.69) is 13.2 Å². The van der Waals surface area contributed by atoms with E-state index in [9.17, 15) is 40.3 Å². The molecule has 1 aliphatic rings. The summed E-state index contributed by atoms with van der Waals surface area (Å²) >= 11 is 0. The molecule has 13 nitrogen and oxygen atoms in total. The highest BCUT2D eigenvalue weighted by Crippen LogP contribution is 2.21. The summed E-state index contributed by atoms with van der Waals surface area (Å²) in [6, 6.07) is -1.04. The maximum atomic E-state index is 10.9. The number of ketones is 1. The van der Waals surface area contributed by atoms with Gasteiger partial charge in [0.25, 0.3) is 0 Å². The van der Waals surface area contributed by atoms with Crippen molar-refractivity contribution in [3.8, 4) is 0 Å². The van der Waals surface area contributed by atoms with Gasteiger partial charge >= 0.3 is 0 Å². The maximum absolute atomic E-state index is 10.9. The van der Waals surface area contributed by atoms with Gasteiger partial charge in [0.15, 0.2) is 0 Å². The number of carbonyl (C=O) groups is 1. The van der Waals surface area contributed by atoms with Crippen molar-refractivity contribution < 1.29 is 29.3 Å². The minimum Gasteiger partial charge on any atom is -0.397 e. The quantitative estimate of drug-likeness (QED) is 0.129. The van der Waals surface area contributed by atoms with Crippen LogP contribution in [0.1, 0.15) is 108 Å². The summed E-state index contributed by atoms with van der Waals surface area (Å²) in [4.78, 5) is 44.3. The Hall–Kier alpha value is -3.64. The molecule has 0 bridgehead atoms. The summed E-state index contributed by atoms with van der Waals surface area (Å²) in [7, 11) is 0. The van der Waals surface area contributed by atoms with E-state index in [1.54, 1.807) is 13.8 Å². The average molecular weight is 575 g/mol. The molecule has 1 rings (SSSR count). The lowest BCUT2D eigenvalue weighted by molar-refractivity contribution is -0.769. The Balaban J connectivity index is -0.000000209. The zero-order valence-electron chi connectivity index (χ0n) is 26.1. The summed E-state index contributed by atoms with van der Waals surface area (Å²) in [6.07, 6.45) is 4.85. The van der Waals surface area contributed by atoms with E-state index >= 15 is 0 Å². The topological polar surface area (TPSA) is 182 Å². The summed E-state index contributed by atoms with van der Waals surface area (Å²) in [5.41, 5.74) is 2.77. The first-order valence-corrected chi connectivity index (χ1v) is 12.8. The lowest BCUT2D eigenvalue weighted by Crippen LogP contribution is -2.35. The molecule has 40 heavy (non-hydrogen) atoms. The molecular formula is C27H50N4O9.